The van der Waals surface area contributed by atoms with Crippen LogP contribution in [0.15, 0.2) is 16.8 Å². The summed E-state index contributed by atoms with van der Waals surface area (Å²) in [5.74, 6) is 1.03. The zero-order valence-corrected chi connectivity index (χ0v) is 11.6. The molecule has 0 amide bonds. The standard InChI is InChI=1S/C13H18N4OS/c18-12(10-4-2-1-3-5-10)8-17-15-13(14-16-17)11-6-7-19-9-11/h6-7,9-10,12,18H,1-5,8H2. The van der Waals surface area contributed by atoms with E-state index in [0.717, 1.165) is 18.4 Å². The van der Waals surface area contributed by atoms with Gasteiger partial charge in [-0.1, -0.05) is 19.3 Å². The molecule has 0 spiro atoms. The Kier molecular flexibility index (Phi) is 3.89. The molecule has 1 atom stereocenters. The summed E-state index contributed by atoms with van der Waals surface area (Å²) in [5.41, 5.74) is 0.989. The van der Waals surface area contributed by atoms with Gasteiger partial charge in [-0.15, -0.1) is 10.2 Å². The smallest absolute Gasteiger partial charge is 0.205 e. The molecular formula is C13H18N4OS. The van der Waals surface area contributed by atoms with Gasteiger partial charge in [-0.2, -0.15) is 16.1 Å². The van der Waals surface area contributed by atoms with Gasteiger partial charge in [0.2, 0.25) is 5.82 Å². The van der Waals surface area contributed by atoms with Gasteiger partial charge in [0, 0.05) is 10.9 Å². The van der Waals surface area contributed by atoms with E-state index in [2.05, 4.69) is 15.4 Å². The van der Waals surface area contributed by atoms with Crippen LogP contribution in [0.1, 0.15) is 32.1 Å². The Balaban J connectivity index is 1.63. The van der Waals surface area contributed by atoms with Crippen molar-refractivity contribution in [2.24, 2.45) is 5.92 Å². The third-order valence-corrected chi connectivity index (χ3v) is 4.46. The Morgan fingerprint density at radius 1 is 1.37 bits per heavy atom. The van der Waals surface area contributed by atoms with E-state index < -0.39 is 0 Å². The topological polar surface area (TPSA) is 63.8 Å². The van der Waals surface area contributed by atoms with E-state index in [1.165, 1.54) is 24.1 Å². The molecule has 0 aliphatic heterocycles. The zero-order valence-electron chi connectivity index (χ0n) is 10.8. The summed E-state index contributed by atoms with van der Waals surface area (Å²) in [7, 11) is 0. The summed E-state index contributed by atoms with van der Waals surface area (Å²) >= 11 is 1.61. The van der Waals surface area contributed by atoms with E-state index in [9.17, 15) is 5.11 Å². The van der Waals surface area contributed by atoms with Crippen LogP contribution >= 0.6 is 11.3 Å². The van der Waals surface area contributed by atoms with Crippen molar-refractivity contribution in [2.45, 2.75) is 44.8 Å². The fourth-order valence-corrected chi connectivity index (χ4v) is 3.30. The van der Waals surface area contributed by atoms with Gasteiger partial charge in [0.25, 0.3) is 0 Å². The fraction of sp³-hybridized carbons (Fsp3) is 0.615. The van der Waals surface area contributed by atoms with E-state index >= 15 is 0 Å². The molecule has 0 aromatic carbocycles. The van der Waals surface area contributed by atoms with E-state index in [4.69, 9.17) is 0 Å². The minimum Gasteiger partial charge on any atom is -0.391 e. The van der Waals surface area contributed by atoms with Crippen molar-refractivity contribution >= 4 is 11.3 Å². The third kappa shape index (κ3) is 3.01. The van der Waals surface area contributed by atoms with Crippen molar-refractivity contribution in [3.05, 3.63) is 16.8 Å². The first-order valence-electron chi connectivity index (χ1n) is 6.81. The Morgan fingerprint density at radius 3 is 2.95 bits per heavy atom. The summed E-state index contributed by atoms with van der Waals surface area (Å²) in [6.45, 7) is 0.446. The molecule has 5 nitrogen and oxygen atoms in total. The van der Waals surface area contributed by atoms with Gasteiger partial charge in [0.1, 0.15) is 0 Å². The van der Waals surface area contributed by atoms with Crippen LogP contribution in [-0.2, 0) is 6.54 Å². The Bertz CT molecular complexity index is 504. The molecule has 3 rings (SSSR count). The van der Waals surface area contributed by atoms with E-state index in [-0.39, 0.29) is 6.10 Å². The molecular weight excluding hydrogens is 260 g/mol. The van der Waals surface area contributed by atoms with Gasteiger partial charge in [-0.05, 0) is 35.4 Å². The van der Waals surface area contributed by atoms with E-state index in [0.29, 0.717) is 18.3 Å². The summed E-state index contributed by atoms with van der Waals surface area (Å²) < 4.78 is 0. The number of aromatic nitrogens is 4. The molecule has 1 saturated carbocycles. The van der Waals surface area contributed by atoms with Gasteiger partial charge in [0.15, 0.2) is 0 Å². The first kappa shape index (κ1) is 12.7. The third-order valence-electron chi connectivity index (χ3n) is 3.78. The second kappa shape index (κ2) is 5.79. The zero-order chi connectivity index (χ0) is 13.1. The molecule has 102 valence electrons. The lowest BCUT2D eigenvalue weighted by Gasteiger charge is -2.25. The van der Waals surface area contributed by atoms with Crippen molar-refractivity contribution in [3.8, 4) is 11.4 Å². The predicted molar refractivity (Wildman–Crippen MR) is 73.7 cm³/mol. The number of rotatable bonds is 4. The van der Waals surface area contributed by atoms with Crippen molar-refractivity contribution < 1.29 is 5.11 Å². The molecule has 1 aliphatic carbocycles. The fourth-order valence-electron chi connectivity index (χ4n) is 2.66. The highest BCUT2D eigenvalue weighted by Gasteiger charge is 2.22. The molecule has 0 radical (unpaired) electrons. The number of aliphatic hydroxyl groups excluding tert-OH is 1. The highest BCUT2D eigenvalue weighted by molar-refractivity contribution is 7.08. The number of nitrogens with zero attached hydrogens (tertiary/aromatic N) is 4. The minimum absolute atomic E-state index is 0.357. The maximum absolute atomic E-state index is 10.2. The Labute approximate surface area is 116 Å². The highest BCUT2D eigenvalue weighted by atomic mass is 32.1. The molecule has 6 heteroatoms. The van der Waals surface area contributed by atoms with Crippen molar-refractivity contribution in [2.75, 3.05) is 0 Å². The van der Waals surface area contributed by atoms with Crippen LogP contribution in [0.25, 0.3) is 11.4 Å². The van der Waals surface area contributed by atoms with Crippen LogP contribution in [0.3, 0.4) is 0 Å². The van der Waals surface area contributed by atoms with Crippen molar-refractivity contribution in [1.29, 1.82) is 0 Å². The number of aliphatic hydroxyl groups is 1. The lowest BCUT2D eigenvalue weighted by molar-refractivity contribution is 0.0622. The molecule has 1 fully saturated rings. The monoisotopic (exact) mass is 278 g/mol. The molecule has 1 unspecified atom stereocenters. The summed E-state index contributed by atoms with van der Waals surface area (Å²) in [6, 6.07) is 1.98. The largest absolute Gasteiger partial charge is 0.391 e. The van der Waals surface area contributed by atoms with Crippen LogP contribution in [0, 0.1) is 5.92 Å². The first-order chi connectivity index (χ1) is 9.33. The average Bonchev–Trinajstić information content (AvgIpc) is 3.10. The van der Waals surface area contributed by atoms with Crippen LogP contribution in [0.4, 0.5) is 0 Å². The number of tetrazole rings is 1. The number of hydrogen-bond donors (Lipinski definition) is 1. The highest BCUT2D eigenvalue weighted by Crippen LogP contribution is 2.27. The summed E-state index contributed by atoms with van der Waals surface area (Å²) in [6.07, 6.45) is 5.64. The van der Waals surface area contributed by atoms with Gasteiger partial charge < -0.3 is 5.11 Å². The van der Waals surface area contributed by atoms with Gasteiger partial charge in [-0.25, -0.2) is 0 Å². The second-order valence-corrected chi connectivity index (χ2v) is 5.93. The Morgan fingerprint density at radius 2 is 2.21 bits per heavy atom. The molecule has 0 bridgehead atoms. The maximum atomic E-state index is 10.2. The lowest BCUT2D eigenvalue weighted by atomic mass is 9.85. The van der Waals surface area contributed by atoms with E-state index in [1.54, 1.807) is 11.3 Å². The van der Waals surface area contributed by atoms with Gasteiger partial charge in [0.05, 0.1) is 12.6 Å². The minimum atomic E-state index is -0.357. The van der Waals surface area contributed by atoms with E-state index in [1.807, 2.05) is 16.8 Å². The SMILES string of the molecule is OC(Cn1nnc(-c2ccsc2)n1)C1CCCCC1. The Hall–Kier alpha value is -1.27. The summed E-state index contributed by atoms with van der Waals surface area (Å²) in [5, 5.41) is 26.6. The maximum Gasteiger partial charge on any atom is 0.205 e. The quantitative estimate of drug-likeness (QED) is 0.932. The number of hydrogen-bond acceptors (Lipinski definition) is 5. The van der Waals surface area contributed by atoms with Gasteiger partial charge >= 0.3 is 0 Å². The molecule has 2 aromatic heterocycles. The van der Waals surface area contributed by atoms with Crippen molar-refractivity contribution in [1.82, 2.24) is 20.2 Å². The molecule has 2 aromatic rings. The molecule has 1 aliphatic rings. The number of thiophene rings is 1. The normalized spacial score (nSPS) is 18.6. The van der Waals surface area contributed by atoms with Crippen LogP contribution in [0.2, 0.25) is 0 Å². The second-order valence-electron chi connectivity index (χ2n) is 5.15. The molecule has 2 heterocycles. The van der Waals surface area contributed by atoms with Gasteiger partial charge in [-0.3, -0.25) is 0 Å². The predicted octanol–water partition coefficient (Wildman–Crippen LogP) is 2.34. The first-order valence-corrected chi connectivity index (χ1v) is 7.75. The summed E-state index contributed by atoms with van der Waals surface area (Å²) in [4.78, 5) is 1.52. The van der Waals surface area contributed by atoms with Crippen molar-refractivity contribution in [3.63, 3.8) is 0 Å². The van der Waals surface area contributed by atoms with Crippen LogP contribution < -0.4 is 0 Å². The van der Waals surface area contributed by atoms with Crippen LogP contribution in [-0.4, -0.2) is 31.4 Å². The molecule has 1 N–H and O–H groups in total. The molecule has 19 heavy (non-hydrogen) atoms. The lowest BCUT2D eigenvalue weighted by Crippen LogP contribution is -2.28. The average molecular weight is 278 g/mol. The van der Waals surface area contributed by atoms with Crippen LogP contribution in [0.5, 0.6) is 0 Å². The molecule has 0 saturated heterocycles.